The number of hydrogen-bond acceptors (Lipinski definition) is 3. The Kier molecular flexibility index (Phi) is 8.47. The molecule has 1 aliphatic heterocycles. The Morgan fingerprint density at radius 1 is 1.50 bits per heavy atom. The number of nitrogens with two attached hydrogens (primary N) is 1. The molecule has 1 aromatic rings. The van der Waals surface area contributed by atoms with Gasteiger partial charge in [0.25, 0.3) is 0 Å². The first-order valence-corrected chi connectivity index (χ1v) is 6.49. The summed E-state index contributed by atoms with van der Waals surface area (Å²) in [6, 6.07) is 7.17. The lowest BCUT2D eigenvalue weighted by Gasteiger charge is -2.37. The summed E-state index contributed by atoms with van der Waals surface area (Å²) in [5.41, 5.74) is 6.74. The van der Waals surface area contributed by atoms with Crippen LogP contribution in [0.25, 0.3) is 0 Å². The van der Waals surface area contributed by atoms with Crippen molar-refractivity contribution in [3.05, 3.63) is 34.9 Å². The normalized spacial score (nSPS) is 19.6. The first-order chi connectivity index (χ1) is 8.59. The highest BCUT2D eigenvalue weighted by molar-refractivity contribution is 6.30. The van der Waals surface area contributed by atoms with E-state index in [0.717, 1.165) is 18.7 Å². The van der Waals surface area contributed by atoms with Crippen LogP contribution in [-0.2, 0) is 4.79 Å². The van der Waals surface area contributed by atoms with Crippen molar-refractivity contribution in [1.82, 2.24) is 10.2 Å². The number of nitrogens with one attached hydrogen (secondary N) is 1. The molecular weight excluding hydrogens is 321 g/mol. The third-order valence-electron chi connectivity index (χ3n) is 3.15. The quantitative estimate of drug-likeness (QED) is 0.866. The Morgan fingerprint density at radius 2 is 2.20 bits per heavy atom. The molecule has 1 unspecified atom stereocenters. The fourth-order valence-electron chi connectivity index (χ4n) is 2.24. The van der Waals surface area contributed by atoms with Crippen LogP contribution in [0.1, 0.15) is 18.5 Å². The molecule has 0 bridgehead atoms. The largest absolute Gasteiger partial charge is 0.332 e. The van der Waals surface area contributed by atoms with Crippen molar-refractivity contribution in [1.29, 1.82) is 0 Å². The summed E-state index contributed by atoms with van der Waals surface area (Å²) < 4.78 is 0. The molecule has 0 spiro atoms. The fourth-order valence-corrected chi connectivity index (χ4v) is 2.44. The molecule has 1 amide bonds. The van der Waals surface area contributed by atoms with Gasteiger partial charge in [0.2, 0.25) is 5.91 Å². The van der Waals surface area contributed by atoms with Gasteiger partial charge in [0.1, 0.15) is 0 Å². The van der Waals surface area contributed by atoms with Gasteiger partial charge in [-0.25, -0.2) is 0 Å². The van der Waals surface area contributed by atoms with Crippen molar-refractivity contribution in [2.75, 3.05) is 19.6 Å². The van der Waals surface area contributed by atoms with Crippen molar-refractivity contribution in [3.63, 3.8) is 0 Å². The van der Waals surface area contributed by atoms with E-state index >= 15 is 0 Å². The summed E-state index contributed by atoms with van der Waals surface area (Å²) in [7, 11) is 0. The van der Waals surface area contributed by atoms with E-state index in [0.29, 0.717) is 11.6 Å². The Bertz CT molecular complexity index is 443. The molecule has 0 aromatic heterocycles. The second-order valence-electron chi connectivity index (χ2n) is 4.60. The molecule has 7 heteroatoms. The van der Waals surface area contributed by atoms with E-state index < -0.39 is 6.04 Å². The van der Waals surface area contributed by atoms with E-state index in [4.69, 9.17) is 17.3 Å². The highest BCUT2D eigenvalue weighted by Crippen LogP contribution is 2.25. The number of amides is 1. The highest BCUT2D eigenvalue weighted by Gasteiger charge is 2.29. The van der Waals surface area contributed by atoms with Crippen LogP contribution in [0.15, 0.2) is 24.3 Å². The number of piperazine rings is 1. The van der Waals surface area contributed by atoms with Crippen LogP contribution in [0.2, 0.25) is 5.02 Å². The van der Waals surface area contributed by atoms with E-state index in [1.807, 2.05) is 29.2 Å². The van der Waals surface area contributed by atoms with Gasteiger partial charge in [-0.1, -0.05) is 23.7 Å². The third kappa shape index (κ3) is 4.50. The van der Waals surface area contributed by atoms with Crippen LogP contribution in [0.4, 0.5) is 0 Å². The van der Waals surface area contributed by atoms with Crippen LogP contribution in [-0.4, -0.2) is 36.5 Å². The number of carbonyl (C=O) groups excluding carboxylic acids is 1. The minimum Gasteiger partial charge on any atom is -0.332 e. The summed E-state index contributed by atoms with van der Waals surface area (Å²) >= 11 is 6.01. The summed E-state index contributed by atoms with van der Waals surface area (Å²) in [5, 5.41) is 3.99. The van der Waals surface area contributed by atoms with Gasteiger partial charge in [-0.2, -0.15) is 0 Å². The molecule has 0 saturated carbocycles. The average molecular weight is 341 g/mol. The molecular formula is C13H20Cl3N3O. The zero-order valence-electron chi connectivity index (χ0n) is 11.2. The Hall–Kier alpha value is -0.520. The first-order valence-electron chi connectivity index (χ1n) is 6.12. The van der Waals surface area contributed by atoms with E-state index in [2.05, 4.69) is 5.32 Å². The van der Waals surface area contributed by atoms with Gasteiger partial charge in [0.05, 0.1) is 12.1 Å². The Balaban J connectivity index is 0.00000180. The van der Waals surface area contributed by atoms with Crippen LogP contribution >= 0.6 is 36.4 Å². The van der Waals surface area contributed by atoms with Crippen LogP contribution in [0.5, 0.6) is 0 Å². The summed E-state index contributed by atoms with van der Waals surface area (Å²) in [5.74, 6) is -0.0125. The van der Waals surface area contributed by atoms with Gasteiger partial charge in [-0.15, -0.1) is 24.8 Å². The van der Waals surface area contributed by atoms with Crippen molar-refractivity contribution >= 4 is 42.3 Å². The maximum Gasteiger partial charge on any atom is 0.239 e. The number of rotatable bonds is 2. The van der Waals surface area contributed by atoms with Crippen LogP contribution in [0, 0.1) is 0 Å². The molecule has 2 rings (SSSR count). The summed E-state index contributed by atoms with van der Waals surface area (Å²) in [6.45, 7) is 3.94. The predicted octanol–water partition coefficient (Wildman–Crippen LogP) is 2.00. The van der Waals surface area contributed by atoms with E-state index in [1.165, 1.54) is 0 Å². The first kappa shape index (κ1) is 19.5. The van der Waals surface area contributed by atoms with Gasteiger partial charge < -0.3 is 16.0 Å². The Morgan fingerprint density at radius 3 is 2.80 bits per heavy atom. The van der Waals surface area contributed by atoms with Gasteiger partial charge in [0.15, 0.2) is 0 Å². The summed E-state index contributed by atoms with van der Waals surface area (Å²) in [4.78, 5) is 13.9. The Labute approximate surface area is 136 Å². The minimum absolute atomic E-state index is 0. The van der Waals surface area contributed by atoms with Crippen molar-refractivity contribution in [3.8, 4) is 0 Å². The zero-order chi connectivity index (χ0) is 13.1. The van der Waals surface area contributed by atoms with Crippen molar-refractivity contribution in [2.45, 2.75) is 19.0 Å². The standard InChI is InChI=1S/C13H18ClN3O.2ClH/c1-9(15)13(18)17-6-5-16-8-12(17)10-3-2-4-11(14)7-10;;/h2-4,7,9,12,16H,5-6,8,15H2,1H3;2*1H/t9-,12?;;/m1../s1. The lowest BCUT2D eigenvalue weighted by molar-refractivity contribution is -0.135. The number of benzene rings is 1. The molecule has 3 N–H and O–H groups in total. The van der Waals surface area contributed by atoms with Crippen LogP contribution < -0.4 is 11.1 Å². The van der Waals surface area contributed by atoms with Crippen molar-refractivity contribution < 1.29 is 4.79 Å². The number of halogens is 3. The maximum absolute atomic E-state index is 12.1. The molecule has 1 aliphatic rings. The average Bonchev–Trinajstić information content (AvgIpc) is 2.38. The second-order valence-corrected chi connectivity index (χ2v) is 5.03. The fraction of sp³-hybridized carbons (Fsp3) is 0.462. The lowest BCUT2D eigenvalue weighted by Crippen LogP contribution is -2.52. The smallest absolute Gasteiger partial charge is 0.239 e. The van der Waals surface area contributed by atoms with E-state index in [-0.39, 0.29) is 36.8 Å². The highest BCUT2D eigenvalue weighted by atomic mass is 35.5. The van der Waals surface area contributed by atoms with E-state index in [1.54, 1.807) is 6.92 Å². The summed E-state index contributed by atoms with van der Waals surface area (Å²) in [6.07, 6.45) is 0. The van der Waals surface area contributed by atoms with Gasteiger partial charge >= 0.3 is 0 Å². The van der Waals surface area contributed by atoms with Crippen molar-refractivity contribution in [2.24, 2.45) is 5.73 Å². The third-order valence-corrected chi connectivity index (χ3v) is 3.38. The number of carbonyl (C=O) groups is 1. The molecule has 4 nitrogen and oxygen atoms in total. The monoisotopic (exact) mass is 339 g/mol. The molecule has 20 heavy (non-hydrogen) atoms. The maximum atomic E-state index is 12.1. The van der Waals surface area contributed by atoms with Gasteiger partial charge in [0, 0.05) is 24.7 Å². The van der Waals surface area contributed by atoms with Gasteiger partial charge in [-0.3, -0.25) is 4.79 Å². The number of nitrogens with zero attached hydrogens (tertiary/aromatic N) is 1. The minimum atomic E-state index is -0.468. The SMILES string of the molecule is C[C@@H](N)C(=O)N1CCNCC1c1cccc(Cl)c1.Cl.Cl. The zero-order valence-corrected chi connectivity index (χ0v) is 13.6. The molecule has 1 saturated heterocycles. The molecule has 0 aliphatic carbocycles. The number of hydrogen-bond donors (Lipinski definition) is 2. The molecule has 1 heterocycles. The molecule has 0 radical (unpaired) electrons. The lowest BCUT2D eigenvalue weighted by atomic mass is 10.0. The van der Waals surface area contributed by atoms with Gasteiger partial charge in [-0.05, 0) is 24.6 Å². The van der Waals surface area contributed by atoms with E-state index in [9.17, 15) is 4.79 Å². The molecule has 1 aromatic carbocycles. The molecule has 114 valence electrons. The van der Waals surface area contributed by atoms with Crippen LogP contribution in [0.3, 0.4) is 0 Å². The topological polar surface area (TPSA) is 58.4 Å². The molecule has 1 fully saturated rings. The molecule has 2 atom stereocenters. The predicted molar refractivity (Wildman–Crippen MR) is 86.9 cm³/mol. The second kappa shape index (κ2) is 8.70.